The van der Waals surface area contributed by atoms with Crippen molar-refractivity contribution < 1.29 is 4.74 Å². The summed E-state index contributed by atoms with van der Waals surface area (Å²) >= 11 is 5.27. The topological polar surface area (TPSA) is 55.2 Å². The highest BCUT2D eigenvalue weighted by atomic mass is 32.1. The smallest absolute Gasteiger partial charge is 0.216 e. The fourth-order valence-electron chi connectivity index (χ4n) is 2.20. The molecule has 5 nitrogen and oxygen atoms in total. The molecule has 1 N–H and O–H groups in total. The molecule has 0 saturated carbocycles. The van der Waals surface area contributed by atoms with E-state index in [1.165, 1.54) is 0 Å². The van der Waals surface area contributed by atoms with Crippen molar-refractivity contribution in [1.29, 1.82) is 0 Å². The largest absolute Gasteiger partial charge is 0.491 e. The summed E-state index contributed by atoms with van der Waals surface area (Å²) in [4.78, 5) is 0. The number of nitrogens with zero attached hydrogens (tertiary/aromatic N) is 3. The van der Waals surface area contributed by atoms with Gasteiger partial charge in [0.15, 0.2) is 5.82 Å². The third-order valence-corrected chi connectivity index (χ3v) is 3.52. The summed E-state index contributed by atoms with van der Waals surface area (Å²) in [6.45, 7) is 4.00. The predicted molar refractivity (Wildman–Crippen MR) is 98.0 cm³/mol. The van der Waals surface area contributed by atoms with Crippen LogP contribution in [0.3, 0.4) is 0 Å². The Labute approximate surface area is 145 Å². The third-order valence-electron chi connectivity index (χ3n) is 3.26. The minimum Gasteiger partial charge on any atom is -0.491 e. The predicted octanol–water partition coefficient (Wildman–Crippen LogP) is 4.28. The standard InChI is InChI=1S/C18H18N4OS/c1-13(2)23-16-10-8-14(9-11-16)12-19-22-17(20-21-18(22)24)15-6-4-3-5-7-15/h3-13H,1-2H3,(H,21,24)/b19-12-. The fraction of sp³-hybridized carbons (Fsp3) is 0.167. The van der Waals surface area contributed by atoms with Gasteiger partial charge in [-0.25, -0.2) is 5.10 Å². The van der Waals surface area contributed by atoms with Crippen LogP contribution in [0.25, 0.3) is 11.4 Å². The maximum Gasteiger partial charge on any atom is 0.216 e. The van der Waals surface area contributed by atoms with Crippen LogP contribution in [0, 0.1) is 4.77 Å². The van der Waals surface area contributed by atoms with Gasteiger partial charge in [0.05, 0.1) is 12.3 Å². The van der Waals surface area contributed by atoms with Gasteiger partial charge in [-0.15, -0.1) is 0 Å². The lowest BCUT2D eigenvalue weighted by molar-refractivity contribution is 0.242. The molecule has 0 aliphatic heterocycles. The highest BCUT2D eigenvalue weighted by Gasteiger charge is 2.07. The van der Waals surface area contributed by atoms with E-state index in [2.05, 4.69) is 15.3 Å². The van der Waals surface area contributed by atoms with Crippen LogP contribution in [-0.4, -0.2) is 27.2 Å². The summed E-state index contributed by atoms with van der Waals surface area (Å²) in [5.74, 6) is 1.52. The number of benzene rings is 2. The van der Waals surface area contributed by atoms with Crippen LogP contribution in [0.2, 0.25) is 0 Å². The zero-order valence-electron chi connectivity index (χ0n) is 13.5. The van der Waals surface area contributed by atoms with E-state index in [1.807, 2.05) is 68.4 Å². The Hall–Kier alpha value is -2.73. The third kappa shape index (κ3) is 3.78. The normalized spacial score (nSPS) is 11.3. The highest BCUT2D eigenvalue weighted by molar-refractivity contribution is 7.71. The summed E-state index contributed by atoms with van der Waals surface area (Å²) < 4.78 is 7.70. The number of aromatic nitrogens is 3. The first-order chi connectivity index (χ1) is 11.6. The summed E-state index contributed by atoms with van der Waals surface area (Å²) in [6, 6.07) is 17.6. The van der Waals surface area contributed by atoms with Crippen molar-refractivity contribution >= 4 is 18.4 Å². The van der Waals surface area contributed by atoms with Gasteiger partial charge in [-0.1, -0.05) is 30.3 Å². The SMILES string of the molecule is CC(C)Oc1ccc(/C=N\n2c(-c3ccccc3)n[nH]c2=S)cc1. The molecule has 24 heavy (non-hydrogen) atoms. The van der Waals surface area contributed by atoms with E-state index in [0.717, 1.165) is 16.9 Å². The van der Waals surface area contributed by atoms with E-state index in [9.17, 15) is 0 Å². The maximum atomic E-state index is 5.63. The lowest BCUT2D eigenvalue weighted by atomic mass is 10.2. The number of rotatable bonds is 5. The molecule has 0 atom stereocenters. The molecule has 0 spiro atoms. The van der Waals surface area contributed by atoms with E-state index in [-0.39, 0.29) is 6.10 Å². The average molecular weight is 338 g/mol. The molecule has 122 valence electrons. The molecular formula is C18H18N4OS. The van der Waals surface area contributed by atoms with E-state index in [0.29, 0.717) is 10.6 Å². The van der Waals surface area contributed by atoms with Gasteiger partial charge < -0.3 is 4.74 Å². The summed E-state index contributed by atoms with van der Waals surface area (Å²) in [5, 5.41) is 11.5. The Morgan fingerprint density at radius 1 is 1.12 bits per heavy atom. The fourth-order valence-corrected chi connectivity index (χ4v) is 2.38. The van der Waals surface area contributed by atoms with E-state index < -0.39 is 0 Å². The molecular weight excluding hydrogens is 320 g/mol. The first-order valence-electron chi connectivity index (χ1n) is 7.67. The van der Waals surface area contributed by atoms with Crippen LogP contribution in [0.15, 0.2) is 59.7 Å². The maximum absolute atomic E-state index is 5.63. The molecule has 1 aromatic heterocycles. The molecule has 0 bridgehead atoms. The van der Waals surface area contributed by atoms with Crippen molar-refractivity contribution in [2.24, 2.45) is 5.10 Å². The number of hydrogen-bond donors (Lipinski definition) is 1. The van der Waals surface area contributed by atoms with Crippen molar-refractivity contribution in [2.45, 2.75) is 20.0 Å². The van der Waals surface area contributed by atoms with Crippen molar-refractivity contribution in [3.05, 3.63) is 64.9 Å². The zero-order chi connectivity index (χ0) is 16.9. The number of nitrogens with one attached hydrogen (secondary N) is 1. The second-order valence-electron chi connectivity index (χ2n) is 5.51. The number of hydrogen-bond acceptors (Lipinski definition) is 4. The second-order valence-corrected chi connectivity index (χ2v) is 5.90. The van der Waals surface area contributed by atoms with E-state index >= 15 is 0 Å². The molecule has 0 fully saturated rings. The quantitative estimate of drug-likeness (QED) is 0.558. The Kier molecular flexibility index (Phi) is 4.86. The van der Waals surface area contributed by atoms with Crippen molar-refractivity contribution in [3.8, 4) is 17.1 Å². The van der Waals surface area contributed by atoms with E-state index in [4.69, 9.17) is 17.0 Å². The molecule has 6 heteroatoms. The van der Waals surface area contributed by atoms with Gasteiger partial charge in [-0.05, 0) is 55.9 Å². The summed E-state index contributed by atoms with van der Waals surface area (Å²) in [6.07, 6.45) is 1.90. The van der Waals surface area contributed by atoms with Crippen molar-refractivity contribution in [2.75, 3.05) is 0 Å². The van der Waals surface area contributed by atoms with Gasteiger partial charge in [0.1, 0.15) is 5.75 Å². The number of H-pyrrole nitrogens is 1. The summed E-state index contributed by atoms with van der Waals surface area (Å²) in [5.41, 5.74) is 1.90. The van der Waals surface area contributed by atoms with Crippen LogP contribution >= 0.6 is 12.2 Å². The van der Waals surface area contributed by atoms with Crippen LogP contribution in [0.5, 0.6) is 5.75 Å². The van der Waals surface area contributed by atoms with Crippen molar-refractivity contribution in [1.82, 2.24) is 14.9 Å². The molecule has 3 rings (SSSR count). The summed E-state index contributed by atoms with van der Waals surface area (Å²) in [7, 11) is 0. The molecule has 1 heterocycles. The Morgan fingerprint density at radius 3 is 2.50 bits per heavy atom. The highest BCUT2D eigenvalue weighted by Crippen LogP contribution is 2.17. The second kappa shape index (κ2) is 7.23. The molecule has 0 saturated heterocycles. The average Bonchev–Trinajstić information content (AvgIpc) is 2.95. The monoisotopic (exact) mass is 338 g/mol. The Bertz CT molecular complexity index is 879. The number of ether oxygens (including phenoxy) is 1. The molecule has 3 aromatic rings. The molecule has 0 amide bonds. The minimum atomic E-state index is 0.155. The van der Waals surface area contributed by atoms with Gasteiger partial charge in [0.2, 0.25) is 4.77 Å². The molecule has 0 aliphatic carbocycles. The first kappa shape index (κ1) is 16.1. The number of aromatic amines is 1. The molecule has 0 aliphatic rings. The van der Waals surface area contributed by atoms with E-state index in [1.54, 1.807) is 10.9 Å². The molecule has 0 unspecified atom stereocenters. The molecule has 2 aromatic carbocycles. The van der Waals surface area contributed by atoms with Crippen molar-refractivity contribution in [3.63, 3.8) is 0 Å². The first-order valence-corrected chi connectivity index (χ1v) is 8.08. The van der Waals surface area contributed by atoms with Gasteiger partial charge in [-0.2, -0.15) is 14.9 Å². The minimum absolute atomic E-state index is 0.155. The van der Waals surface area contributed by atoms with Gasteiger partial charge >= 0.3 is 0 Å². The van der Waals surface area contributed by atoms with Crippen LogP contribution < -0.4 is 4.74 Å². The Balaban J connectivity index is 1.85. The molecule has 0 radical (unpaired) electrons. The lowest BCUT2D eigenvalue weighted by Gasteiger charge is -2.09. The van der Waals surface area contributed by atoms with Gasteiger partial charge in [0, 0.05) is 5.56 Å². The van der Waals surface area contributed by atoms with Crippen LogP contribution in [0.1, 0.15) is 19.4 Å². The Morgan fingerprint density at radius 2 is 1.83 bits per heavy atom. The van der Waals surface area contributed by atoms with Gasteiger partial charge in [0.25, 0.3) is 0 Å². The van der Waals surface area contributed by atoms with Crippen LogP contribution in [-0.2, 0) is 0 Å². The van der Waals surface area contributed by atoms with Crippen LogP contribution in [0.4, 0.5) is 0 Å². The van der Waals surface area contributed by atoms with Gasteiger partial charge in [-0.3, -0.25) is 0 Å². The zero-order valence-corrected chi connectivity index (χ0v) is 14.3. The lowest BCUT2D eigenvalue weighted by Crippen LogP contribution is -2.05.